The highest BCUT2D eigenvalue weighted by molar-refractivity contribution is 5.95. The van der Waals surface area contributed by atoms with Crippen molar-refractivity contribution in [3.63, 3.8) is 0 Å². The number of piperidine rings is 1. The van der Waals surface area contributed by atoms with Crippen LogP contribution in [0.2, 0.25) is 0 Å². The SMILES string of the molecule is CC(=O)c1ccc(NC(=O)NC2C(F)CCOC2CN2CCC(Cc3ccc(F)cc3)CC2)cc1. The lowest BCUT2D eigenvalue weighted by atomic mass is 9.89. The number of benzene rings is 2. The van der Waals surface area contributed by atoms with E-state index in [9.17, 15) is 18.4 Å². The number of carbonyl (C=O) groups excluding carboxylic acids is 2. The van der Waals surface area contributed by atoms with Crippen LogP contribution in [-0.2, 0) is 11.2 Å². The molecule has 35 heavy (non-hydrogen) atoms. The highest BCUT2D eigenvalue weighted by atomic mass is 19.1. The van der Waals surface area contributed by atoms with Crippen molar-refractivity contribution in [2.45, 2.75) is 50.9 Å². The molecule has 188 valence electrons. The molecular weight excluding hydrogens is 452 g/mol. The first kappa shape index (κ1) is 25.3. The highest BCUT2D eigenvalue weighted by Gasteiger charge is 2.37. The average molecular weight is 486 g/mol. The molecule has 4 rings (SSSR count). The smallest absolute Gasteiger partial charge is 0.319 e. The van der Waals surface area contributed by atoms with Crippen molar-refractivity contribution in [2.24, 2.45) is 5.92 Å². The van der Waals surface area contributed by atoms with Crippen molar-refractivity contribution in [3.05, 3.63) is 65.5 Å². The second-order valence-corrected chi connectivity index (χ2v) is 9.55. The molecule has 6 nitrogen and oxygen atoms in total. The molecule has 2 aliphatic heterocycles. The molecule has 0 aromatic heterocycles. The van der Waals surface area contributed by atoms with Crippen LogP contribution >= 0.6 is 0 Å². The summed E-state index contributed by atoms with van der Waals surface area (Å²) < 4.78 is 33.9. The number of rotatable bonds is 7. The Morgan fingerprint density at radius 1 is 1.03 bits per heavy atom. The van der Waals surface area contributed by atoms with Crippen molar-refractivity contribution >= 4 is 17.5 Å². The second kappa shape index (κ2) is 11.7. The van der Waals surface area contributed by atoms with Crippen LogP contribution in [-0.4, -0.2) is 61.3 Å². The Bertz CT molecular complexity index is 992. The molecule has 0 aliphatic carbocycles. The van der Waals surface area contributed by atoms with Crippen molar-refractivity contribution in [2.75, 3.05) is 31.6 Å². The van der Waals surface area contributed by atoms with Gasteiger partial charge in [0, 0.05) is 30.8 Å². The van der Waals surface area contributed by atoms with Gasteiger partial charge in [0.15, 0.2) is 5.78 Å². The number of likely N-dealkylation sites (tertiary alicyclic amines) is 1. The van der Waals surface area contributed by atoms with E-state index < -0.39 is 24.3 Å². The second-order valence-electron chi connectivity index (χ2n) is 9.55. The van der Waals surface area contributed by atoms with Crippen molar-refractivity contribution in [1.29, 1.82) is 0 Å². The molecule has 3 unspecified atom stereocenters. The van der Waals surface area contributed by atoms with Crippen LogP contribution in [0.1, 0.15) is 42.1 Å². The molecule has 0 bridgehead atoms. The Balaban J connectivity index is 1.27. The molecule has 0 spiro atoms. The third-order valence-electron chi connectivity index (χ3n) is 6.95. The average Bonchev–Trinajstić information content (AvgIpc) is 2.84. The van der Waals surface area contributed by atoms with Gasteiger partial charge in [0.1, 0.15) is 12.0 Å². The van der Waals surface area contributed by atoms with E-state index in [1.54, 1.807) is 24.3 Å². The number of carbonyl (C=O) groups is 2. The zero-order valence-corrected chi connectivity index (χ0v) is 20.0. The Labute approximate surface area is 205 Å². The summed E-state index contributed by atoms with van der Waals surface area (Å²) in [6, 6.07) is 12.0. The van der Waals surface area contributed by atoms with Gasteiger partial charge in [0.05, 0.1) is 12.1 Å². The lowest BCUT2D eigenvalue weighted by molar-refractivity contribution is -0.0590. The maximum atomic E-state index is 14.8. The molecule has 2 saturated heterocycles. The number of alkyl halides is 1. The third kappa shape index (κ3) is 7.08. The number of nitrogens with one attached hydrogen (secondary N) is 2. The van der Waals surface area contributed by atoms with Gasteiger partial charge in [-0.25, -0.2) is 13.6 Å². The van der Waals surface area contributed by atoms with E-state index in [4.69, 9.17) is 4.74 Å². The number of ketones is 1. The van der Waals surface area contributed by atoms with Crippen molar-refractivity contribution in [1.82, 2.24) is 10.2 Å². The molecule has 2 aromatic rings. The number of ether oxygens (including phenoxy) is 1. The molecule has 8 heteroatoms. The van der Waals surface area contributed by atoms with E-state index in [0.29, 0.717) is 30.3 Å². The lowest BCUT2D eigenvalue weighted by Gasteiger charge is -2.39. The summed E-state index contributed by atoms with van der Waals surface area (Å²) in [4.78, 5) is 26.3. The van der Waals surface area contributed by atoms with Crippen molar-refractivity contribution < 1.29 is 23.1 Å². The molecule has 0 saturated carbocycles. The summed E-state index contributed by atoms with van der Waals surface area (Å²) in [6.07, 6.45) is 1.58. The number of hydrogen-bond donors (Lipinski definition) is 2. The minimum Gasteiger partial charge on any atom is -0.375 e. The summed E-state index contributed by atoms with van der Waals surface area (Å²) in [5.41, 5.74) is 2.23. The fourth-order valence-electron chi connectivity index (χ4n) is 4.89. The molecule has 2 N–H and O–H groups in total. The predicted molar refractivity (Wildman–Crippen MR) is 131 cm³/mol. The quantitative estimate of drug-likeness (QED) is 0.563. The molecule has 3 atom stereocenters. The largest absolute Gasteiger partial charge is 0.375 e. The van der Waals surface area contributed by atoms with E-state index in [1.165, 1.54) is 19.1 Å². The zero-order chi connectivity index (χ0) is 24.8. The minimum atomic E-state index is -1.18. The lowest BCUT2D eigenvalue weighted by Crippen LogP contribution is -2.58. The molecular formula is C27H33F2N3O3. The van der Waals surface area contributed by atoms with Crippen LogP contribution in [0, 0.1) is 11.7 Å². The summed E-state index contributed by atoms with van der Waals surface area (Å²) in [7, 11) is 0. The summed E-state index contributed by atoms with van der Waals surface area (Å²) in [5, 5.41) is 5.48. The van der Waals surface area contributed by atoms with Gasteiger partial charge in [-0.15, -0.1) is 0 Å². The summed E-state index contributed by atoms with van der Waals surface area (Å²) in [6.45, 7) is 4.13. The Morgan fingerprint density at radius 2 is 1.71 bits per heavy atom. The Kier molecular flexibility index (Phi) is 8.46. The van der Waals surface area contributed by atoms with Crippen LogP contribution < -0.4 is 10.6 Å². The van der Waals surface area contributed by atoms with Crippen LogP contribution in [0.4, 0.5) is 19.3 Å². The van der Waals surface area contributed by atoms with Gasteiger partial charge in [-0.05, 0) is 87.2 Å². The van der Waals surface area contributed by atoms with Gasteiger partial charge in [-0.3, -0.25) is 4.79 Å². The van der Waals surface area contributed by atoms with E-state index in [2.05, 4.69) is 15.5 Å². The van der Waals surface area contributed by atoms with E-state index >= 15 is 0 Å². The normalized spacial score (nSPS) is 23.6. The first-order chi connectivity index (χ1) is 16.9. The van der Waals surface area contributed by atoms with E-state index in [0.717, 1.165) is 37.9 Å². The molecule has 0 radical (unpaired) electrons. The fourth-order valence-corrected chi connectivity index (χ4v) is 4.89. The molecule has 2 aromatic carbocycles. The van der Waals surface area contributed by atoms with Gasteiger partial charge in [-0.1, -0.05) is 12.1 Å². The first-order valence-electron chi connectivity index (χ1n) is 12.3. The topological polar surface area (TPSA) is 70.7 Å². The molecule has 2 aliphatic rings. The number of nitrogens with zero attached hydrogens (tertiary/aromatic N) is 1. The van der Waals surface area contributed by atoms with Crippen LogP contribution in [0.25, 0.3) is 0 Å². The monoisotopic (exact) mass is 485 g/mol. The van der Waals surface area contributed by atoms with Gasteiger partial charge in [0.25, 0.3) is 0 Å². The van der Waals surface area contributed by atoms with Gasteiger partial charge in [-0.2, -0.15) is 0 Å². The Morgan fingerprint density at radius 3 is 2.37 bits per heavy atom. The van der Waals surface area contributed by atoms with Gasteiger partial charge >= 0.3 is 6.03 Å². The predicted octanol–water partition coefficient (Wildman–Crippen LogP) is 4.60. The maximum absolute atomic E-state index is 14.8. The number of halogens is 2. The van der Waals surface area contributed by atoms with E-state index in [-0.39, 0.29) is 18.0 Å². The third-order valence-corrected chi connectivity index (χ3v) is 6.95. The number of amides is 2. The highest BCUT2D eigenvalue weighted by Crippen LogP contribution is 2.25. The van der Waals surface area contributed by atoms with E-state index in [1.807, 2.05) is 12.1 Å². The molecule has 2 heterocycles. The first-order valence-corrected chi connectivity index (χ1v) is 12.3. The maximum Gasteiger partial charge on any atom is 0.319 e. The number of urea groups is 1. The number of hydrogen-bond acceptors (Lipinski definition) is 4. The standard InChI is InChI=1S/C27H33F2N3O3/c1-18(33)21-4-8-23(9-5-21)30-27(34)31-26-24(29)12-15-35-25(26)17-32-13-10-20(11-14-32)16-19-2-6-22(28)7-3-19/h2-9,20,24-26H,10-17H2,1H3,(H2,30,31,34). The summed E-state index contributed by atoms with van der Waals surface area (Å²) in [5.74, 6) is 0.264. The molecule has 2 amide bonds. The molecule has 2 fully saturated rings. The van der Waals surface area contributed by atoms with Gasteiger partial charge < -0.3 is 20.3 Å². The zero-order valence-electron chi connectivity index (χ0n) is 20.0. The van der Waals surface area contributed by atoms with Crippen molar-refractivity contribution in [3.8, 4) is 0 Å². The van der Waals surface area contributed by atoms with Crippen LogP contribution in [0.15, 0.2) is 48.5 Å². The van der Waals surface area contributed by atoms with Crippen LogP contribution in [0.5, 0.6) is 0 Å². The van der Waals surface area contributed by atoms with Crippen LogP contribution in [0.3, 0.4) is 0 Å². The van der Waals surface area contributed by atoms with Gasteiger partial charge in [0.2, 0.25) is 0 Å². The minimum absolute atomic E-state index is 0.0528. The number of anilines is 1. The Hall–Kier alpha value is -2.84. The summed E-state index contributed by atoms with van der Waals surface area (Å²) >= 11 is 0. The fraction of sp³-hybridized carbons (Fsp3) is 0.481. The number of Topliss-reactive ketones (excluding diaryl/α,β-unsaturated/α-hetero) is 1.